The van der Waals surface area contributed by atoms with Gasteiger partial charge in [-0.2, -0.15) is 0 Å². The van der Waals surface area contributed by atoms with Gasteiger partial charge in [0.2, 0.25) is 5.91 Å². The van der Waals surface area contributed by atoms with Crippen molar-refractivity contribution in [2.75, 3.05) is 0 Å². The number of pyridine rings is 1. The minimum atomic E-state index is -0.0629. The third-order valence-electron chi connectivity index (χ3n) is 3.39. The van der Waals surface area contributed by atoms with Gasteiger partial charge in [0.15, 0.2) is 5.78 Å². The van der Waals surface area contributed by atoms with Crippen molar-refractivity contribution < 1.29 is 9.59 Å². The molecule has 0 aromatic carbocycles. The number of rotatable bonds is 6. The lowest BCUT2D eigenvalue weighted by molar-refractivity contribution is -0.121. The Hall–Kier alpha value is -2.01. The lowest BCUT2D eigenvalue weighted by atomic mass is 9.97. The summed E-state index contributed by atoms with van der Waals surface area (Å²) in [6, 6.07) is 5.57. The van der Waals surface area contributed by atoms with Gasteiger partial charge in [-0.1, -0.05) is 19.9 Å². The van der Waals surface area contributed by atoms with E-state index in [1.807, 2.05) is 17.5 Å². The first-order chi connectivity index (χ1) is 10.5. The van der Waals surface area contributed by atoms with Gasteiger partial charge >= 0.3 is 0 Å². The summed E-state index contributed by atoms with van der Waals surface area (Å²) in [5, 5.41) is 4.93. The highest BCUT2D eigenvalue weighted by Crippen LogP contribution is 2.21. The number of nitrogens with zero attached hydrogens (tertiary/aromatic N) is 1. The monoisotopic (exact) mass is 316 g/mol. The van der Waals surface area contributed by atoms with Gasteiger partial charge in [0, 0.05) is 12.4 Å². The van der Waals surface area contributed by atoms with E-state index >= 15 is 0 Å². The van der Waals surface area contributed by atoms with Gasteiger partial charge in [-0.25, -0.2) is 0 Å². The molecule has 22 heavy (non-hydrogen) atoms. The minimum Gasteiger partial charge on any atom is -0.349 e. The van der Waals surface area contributed by atoms with E-state index in [2.05, 4.69) is 24.1 Å². The van der Waals surface area contributed by atoms with Crippen LogP contribution in [0.3, 0.4) is 0 Å². The Labute approximate surface area is 134 Å². The van der Waals surface area contributed by atoms with Crippen LogP contribution in [-0.2, 0) is 11.2 Å². The first-order valence-corrected chi connectivity index (χ1v) is 8.13. The van der Waals surface area contributed by atoms with Crippen molar-refractivity contribution in [2.45, 2.75) is 33.2 Å². The highest BCUT2D eigenvalue weighted by Gasteiger charge is 2.19. The van der Waals surface area contributed by atoms with E-state index in [0.717, 1.165) is 11.1 Å². The molecule has 0 saturated heterocycles. The van der Waals surface area contributed by atoms with Gasteiger partial charge < -0.3 is 5.32 Å². The number of carbonyl (C=O) groups is 2. The van der Waals surface area contributed by atoms with E-state index in [9.17, 15) is 9.59 Å². The molecule has 5 heteroatoms. The maximum atomic E-state index is 12.3. The first kappa shape index (κ1) is 16.4. The number of Topliss-reactive ketones (excluding diaryl/α,β-unsaturated/α-hetero) is 1. The molecule has 0 bridgehead atoms. The summed E-state index contributed by atoms with van der Waals surface area (Å²) in [5.74, 6) is 0.255. The second-order valence-electron chi connectivity index (χ2n) is 5.63. The van der Waals surface area contributed by atoms with Crippen molar-refractivity contribution in [3.8, 4) is 0 Å². The predicted molar refractivity (Wildman–Crippen MR) is 88.0 cm³/mol. The van der Waals surface area contributed by atoms with Crippen molar-refractivity contribution >= 4 is 23.0 Å². The van der Waals surface area contributed by atoms with Crippen LogP contribution in [0.5, 0.6) is 0 Å². The number of nitrogens with one attached hydrogen (secondary N) is 1. The van der Waals surface area contributed by atoms with Crippen molar-refractivity contribution in [3.05, 3.63) is 52.0 Å². The second kappa shape index (κ2) is 7.31. The van der Waals surface area contributed by atoms with Gasteiger partial charge in [0.25, 0.3) is 0 Å². The fourth-order valence-electron chi connectivity index (χ4n) is 2.26. The molecule has 1 N–H and O–H groups in total. The Kier molecular flexibility index (Phi) is 5.44. The van der Waals surface area contributed by atoms with Crippen LogP contribution in [0, 0.1) is 5.92 Å². The molecule has 0 aliphatic carbocycles. The second-order valence-corrected chi connectivity index (χ2v) is 6.54. The van der Waals surface area contributed by atoms with Gasteiger partial charge in [0.05, 0.1) is 17.3 Å². The summed E-state index contributed by atoms with van der Waals surface area (Å²) in [6.45, 7) is 5.67. The standard InChI is InChI=1S/C17H20N2O2S/c1-11(2)17(14-5-4-6-18-9-14)19-16(21)8-13-7-15(12(3)20)22-10-13/h4-7,9-11,17H,8H2,1-3H3,(H,19,21)/t17-/m0/s1. The molecule has 2 heterocycles. The van der Waals surface area contributed by atoms with Crippen molar-refractivity contribution in [1.29, 1.82) is 0 Å². The molecule has 0 spiro atoms. The molecule has 0 fully saturated rings. The van der Waals surface area contributed by atoms with Gasteiger partial charge in [-0.3, -0.25) is 14.6 Å². The summed E-state index contributed by atoms with van der Waals surface area (Å²) in [4.78, 5) is 28.4. The Balaban J connectivity index is 2.03. The maximum Gasteiger partial charge on any atom is 0.224 e. The van der Waals surface area contributed by atoms with Gasteiger partial charge in [-0.15, -0.1) is 11.3 Å². The molecule has 4 nitrogen and oxygen atoms in total. The molecule has 0 radical (unpaired) electrons. The summed E-state index contributed by atoms with van der Waals surface area (Å²) in [7, 11) is 0. The molecule has 1 atom stereocenters. The predicted octanol–water partition coefficient (Wildman–Crippen LogP) is 3.40. The summed E-state index contributed by atoms with van der Waals surface area (Å²) in [5.41, 5.74) is 1.88. The molecular formula is C17H20N2O2S. The van der Waals surface area contributed by atoms with Gasteiger partial charge in [0.1, 0.15) is 0 Å². The number of hydrogen-bond donors (Lipinski definition) is 1. The summed E-state index contributed by atoms with van der Waals surface area (Å²) < 4.78 is 0. The molecule has 1 amide bonds. The SMILES string of the molecule is CC(=O)c1cc(CC(=O)N[C@H](c2cccnc2)C(C)C)cs1. The van der Waals surface area contributed by atoms with E-state index in [4.69, 9.17) is 0 Å². The highest BCUT2D eigenvalue weighted by atomic mass is 32.1. The number of amides is 1. The zero-order valence-electron chi connectivity index (χ0n) is 13.0. The summed E-state index contributed by atoms with van der Waals surface area (Å²) in [6.07, 6.45) is 3.79. The van der Waals surface area contributed by atoms with E-state index < -0.39 is 0 Å². The van der Waals surface area contributed by atoms with Crippen molar-refractivity contribution in [1.82, 2.24) is 10.3 Å². The number of aromatic nitrogens is 1. The van der Waals surface area contributed by atoms with Crippen LogP contribution in [-0.4, -0.2) is 16.7 Å². The fourth-order valence-corrected chi connectivity index (χ4v) is 3.07. The van der Waals surface area contributed by atoms with Crippen LogP contribution in [0.4, 0.5) is 0 Å². The Morgan fingerprint density at radius 2 is 2.14 bits per heavy atom. The third-order valence-corrected chi connectivity index (χ3v) is 4.47. The molecule has 0 aliphatic heterocycles. The van der Waals surface area contributed by atoms with Gasteiger partial charge in [-0.05, 0) is 41.5 Å². The van der Waals surface area contributed by atoms with Crippen LogP contribution in [0.15, 0.2) is 36.0 Å². The third kappa shape index (κ3) is 4.24. The molecule has 116 valence electrons. The Morgan fingerprint density at radius 3 is 2.68 bits per heavy atom. The number of thiophene rings is 1. The highest BCUT2D eigenvalue weighted by molar-refractivity contribution is 7.12. The van der Waals surface area contributed by atoms with Crippen LogP contribution in [0.1, 0.15) is 47.6 Å². The molecule has 0 aliphatic rings. The number of ketones is 1. The van der Waals surface area contributed by atoms with Crippen LogP contribution >= 0.6 is 11.3 Å². The molecule has 2 aromatic heterocycles. The average Bonchev–Trinajstić information content (AvgIpc) is 2.94. The van der Waals surface area contributed by atoms with Crippen LogP contribution in [0.25, 0.3) is 0 Å². The Morgan fingerprint density at radius 1 is 1.36 bits per heavy atom. The largest absolute Gasteiger partial charge is 0.349 e. The van der Waals surface area contributed by atoms with E-state index in [0.29, 0.717) is 4.88 Å². The molecule has 0 saturated carbocycles. The summed E-state index contributed by atoms with van der Waals surface area (Å²) >= 11 is 1.38. The van der Waals surface area contributed by atoms with E-state index in [-0.39, 0.29) is 30.1 Å². The topological polar surface area (TPSA) is 59.1 Å². The van der Waals surface area contributed by atoms with Crippen molar-refractivity contribution in [3.63, 3.8) is 0 Å². The lowest BCUT2D eigenvalue weighted by Crippen LogP contribution is -2.32. The first-order valence-electron chi connectivity index (χ1n) is 7.25. The normalized spacial score (nSPS) is 12.2. The van der Waals surface area contributed by atoms with Crippen molar-refractivity contribution in [2.24, 2.45) is 5.92 Å². The van der Waals surface area contributed by atoms with Crippen LogP contribution < -0.4 is 5.32 Å². The Bertz CT molecular complexity index is 650. The minimum absolute atomic E-state index is 0.0343. The lowest BCUT2D eigenvalue weighted by Gasteiger charge is -2.22. The zero-order chi connectivity index (χ0) is 16.1. The number of hydrogen-bond acceptors (Lipinski definition) is 4. The molecule has 0 unspecified atom stereocenters. The zero-order valence-corrected chi connectivity index (χ0v) is 13.8. The fraction of sp³-hybridized carbons (Fsp3) is 0.353. The molecule has 2 aromatic rings. The number of carbonyl (C=O) groups excluding carboxylic acids is 2. The smallest absolute Gasteiger partial charge is 0.224 e. The molecular weight excluding hydrogens is 296 g/mol. The average molecular weight is 316 g/mol. The molecule has 2 rings (SSSR count). The van der Waals surface area contributed by atoms with E-state index in [1.54, 1.807) is 18.5 Å². The van der Waals surface area contributed by atoms with Crippen LogP contribution in [0.2, 0.25) is 0 Å². The quantitative estimate of drug-likeness (QED) is 0.831. The van der Waals surface area contributed by atoms with E-state index in [1.165, 1.54) is 18.3 Å². The maximum absolute atomic E-state index is 12.3.